The normalized spacial score (nSPS) is 17.2. The molecule has 9 heteroatoms. The number of carbonyl (C=O) groups is 2. The van der Waals surface area contributed by atoms with Gasteiger partial charge in [-0.05, 0) is 56.0 Å². The van der Waals surface area contributed by atoms with Gasteiger partial charge in [0.15, 0.2) is 0 Å². The van der Waals surface area contributed by atoms with Crippen LogP contribution in [0.4, 0.5) is 0 Å². The zero-order valence-corrected chi connectivity index (χ0v) is 17.3. The third-order valence-corrected chi connectivity index (χ3v) is 7.05. The van der Waals surface area contributed by atoms with E-state index in [0.717, 1.165) is 5.56 Å². The SMILES string of the molecule is Cc1ccc(C)c(S(=O)(=O)N2CCC[C@@H]2CNC(=O)C(=O)NCc2ccco2)c1. The van der Waals surface area contributed by atoms with Crippen molar-refractivity contribution in [1.29, 1.82) is 0 Å². The molecule has 1 saturated heterocycles. The van der Waals surface area contributed by atoms with Gasteiger partial charge in [0, 0.05) is 19.1 Å². The van der Waals surface area contributed by atoms with Crippen LogP contribution in [0.5, 0.6) is 0 Å². The first-order chi connectivity index (χ1) is 13.8. The van der Waals surface area contributed by atoms with Crippen molar-refractivity contribution in [3.05, 3.63) is 53.5 Å². The topological polar surface area (TPSA) is 109 Å². The number of amides is 2. The van der Waals surface area contributed by atoms with Crippen LogP contribution in [0.15, 0.2) is 45.9 Å². The smallest absolute Gasteiger partial charge is 0.309 e. The summed E-state index contributed by atoms with van der Waals surface area (Å²) >= 11 is 0. The molecule has 0 aliphatic carbocycles. The lowest BCUT2D eigenvalue weighted by molar-refractivity contribution is -0.139. The molecule has 0 radical (unpaired) electrons. The first-order valence-corrected chi connectivity index (χ1v) is 10.9. The van der Waals surface area contributed by atoms with E-state index in [1.807, 2.05) is 13.0 Å². The van der Waals surface area contributed by atoms with Crippen LogP contribution in [0.1, 0.15) is 29.7 Å². The molecule has 2 heterocycles. The molecule has 1 aromatic heterocycles. The van der Waals surface area contributed by atoms with Gasteiger partial charge in [-0.3, -0.25) is 9.59 Å². The van der Waals surface area contributed by atoms with Crippen LogP contribution in [0, 0.1) is 13.8 Å². The van der Waals surface area contributed by atoms with E-state index in [2.05, 4.69) is 10.6 Å². The number of benzene rings is 1. The highest BCUT2D eigenvalue weighted by molar-refractivity contribution is 7.89. The maximum atomic E-state index is 13.2. The molecule has 3 rings (SSSR count). The molecule has 1 aromatic carbocycles. The van der Waals surface area contributed by atoms with Crippen molar-refractivity contribution in [2.45, 2.75) is 44.2 Å². The number of nitrogens with one attached hydrogen (secondary N) is 2. The van der Waals surface area contributed by atoms with Crippen molar-refractivity contribution in [1.82, 2.24) is 14.9 Å². The molecule has 0 spiro atoms. The second kappa shape index (κ2) is 8.79. The molecule has 1 atom stereocenters. The summed E-state index contributed by atoms with van der Waals surface area (Å²) in [5.74, 6) is -1.05. The molecule has 0 bridgehead atoms. The highest BCUT2D eigenvalue weighted by atomic mass is 32.2. The van der Waals surface area contributed by atoms with Gasteiger partial charge in [-0.2, -0.15) is 4.31 Å². The highest BCUT2D eigenvalue weighted by Crippen LogP contribution is 2.28. The van der Waals surface area contributed by atoms with Crippen molar-refractivity contribution >= 4 is 21.8 Å². The van der Waals surface area contributed by atoms with Gasteiger partial charge in [-0.1, -0.05) is 12.1 Å². The number of furan rings is 1. The summed E-state index contributed by atoms with van der Waals surface area (Å²) in [7, 11) is -3.68. The molecular weight excluding hydrogens is 394 g/mol. The molecule has 1 aliphatic rings. The Kier molecular flexibility index (Phi) is 6.39. The number of aryl methyl sites for hydroxylation is 2. The number of hydrogen-bond donors (Lipinski definition) is 2. The number of hydrogen-bond acceptors (Lipinski definition) is 5. The fourth-order valence-electron chi connectivity index (χ4n) is 3.39. The van der Waals surface area contributed by atoms with E-state index >= 15 is 0 Å². The van der Waals surface area contributed by atoms with Crippen molar-refractivity contribution in [2.24, 2.45) is 0 Å². The predicted octanol–water partition coefficient (Wildman–Crippen LogP) is 1.48. The van der Waals surface area contributed by atoms with E-state index < -0.39 is 21.8 Å². The Bertz CT molecular complexity index is 986. The minimum Gasteiger partial charge on any atom is -0.467 e. The molecule has 8 nitrogen and oxygen atoms in total. The van der Waals surface area contributed by atoms with Gasteiger partial charge >= 0.3 is 11.8 Å². The lowest BCUT2D eigenvalue weighted by Gasteiger charge is -2.25. The third-order valence-electron chi connectivity index (χ3n) is 4.96. The highest BCUT2D eigenvalue weighted by Gasteiger charge is 2.36. The number of sulfonamides is 1. The monoisotopic (exact) mass is 419 g/mol. The Morgan fingerprint density at radius 3 is 2.66 bits per heavy atom. The average Bonchev–Trinajstić information content (AvgIpc) is 3.37. The van der Waals surface area contributed by atoms with Gasteiger partial charge in [0.05, 0.1) is 17.7 Å². The molecule has 1 aliphatic heterocycles. The molecule has 1 fully saturated rings. The van der Waals surface area contributed by atoms with E-state index in [0.29, 0.717) is 30.7 Å². The van der Waals surface area contributed by atoms with E-state index in [-0.39, 0.29) is 24.0 Å². The van der Waals surface area contributed by atoms with Gasteiger partial charge in [0.1, 0.15) is 5.76 Å². The van der Waals surface area contributed by atoms with E-state index in [4.69, 9.17) is 4.42 Å². The largest absolute Gasteiger partial charge is 0.467 e. The number of nitrogens with zero attached hydrogens (tertiary/aromatic N) is 1. The fraction of sp³-hybridized carbons (Fsp3) is 0.400. The van der Waals surface area contributed by atoms with E-state index in [1.165, 1.54) is 10.6 Å². The van der Waals surface area contributed by atoms with Crippen LogP contribution in [-0.2, 0) is 26.2 Å². The van der Waals surface area contributed by atoms with E-state index in [9.17, 15) is 18.0 Å². The molecule has 2 aromatic rings. The number of rotatable bonds is 6. The molecule has 2 amide bonds. The van der Waals surface area contributed by atoms with Gasteiger partial charge in [0.25, 0.3) is 0 Å². The summed E-state index contributed by atoms with van der Waals surface area (Å²) in [6.07, 6.45) is 2.81. The van der Waals surface area contributed by atoms with Gasteiger partial charge in [-0.15, -0.1) is 0 Å². The maximum Gasteiger partial charge on any atom is 0.309 e. The molecule has 2 N–H and O–H groups in total. The second-order valence-electron chi connectivity index (χ2n) is 7.15. The average molecular weight is 420 g/mol. The lowest BCUT2D eigenvalue weighted by atomic mass is 10.2. The molecular formula is C20H25N3O5S. The minimum atomic E-state index is -3.68. The maximum absolute atomic E-state index is 13.2. The van der Waals surface area contributed by atoms with E-state index in [1.54, 1.807) is 31.2 Å². The minimum absolute atomic E-state index is 0.0805. The summed E-state index contributed by atoms with van der Waals surface area (Å²) < 4.78 is 32.8. The summed E-state index contributed by atoms with van der Waals surface area (Å²) in [6, 6.07) is 8.32. The molecule has 0 unspecified atom stereocenters. The third kappa shape index (κ3) is 4.86. The van der Waals surface area contributed by atoms with Crippen LogP contribution in [0.3, 0.4) is 0 Å². The van der Waals surface area contributed by atoms with Gasteiger partial charge in [0.2, 0.25) is 10.0 Å². The predicted molar refractivity (Wildman–Crippen MR) is 106 cm³/mol. The summed E-state index contributed by atoms with van der Waals surface area (Å²) in [6.45, 7) is 4.19. The second-order valence-corrected chi connectivity index (χ2v) is 9.01. The quantitative estimate of drug-likeness (QED) is 0.690. The van der Waals surface area contributed by atoms with Gasteiger partial charge < -0.3 is 15.1 Å². The van der Waals surface area contributed by atoms with Crippen LogP contribution in [-0.4, -0.2) is 43.7 Å². The zero-order chi connectivity index (χ0) is 21.0. The Labute approximate surface area is 170 Å². The van der Waals surface area contributed by atoms with Gasteiger partial charge in [-0.25, -0.2) is 8.42 Å². The molecule has 29 heavy (non-hydrogen) atoms. The Balaban J connectivity index is 1.61. The van der Waals surface area contributed by atoms with Crippen LogP contribution in [0.2, 0.25) is 0 Å². The Morgan fingerprint density at radius 1 is 1.17 bits per heavy atom. The summed E-state index contributed by atoms with van der Waals surface area (Å²) in [5, 5.41) is 5.01. The summed E-state index contributed by atoms with van der Waals surface area (Å²) in [5.41, 5.74) is 1.55. The Morgan fingerprint density at radius 2 is 1.93 bits per heavy atom. The van der Waals surface area contributed by atoms with Crippen molar-refractivity contribution in [3.8, 4) is 0 Å². The fourth-order valence-corrected chi connectivity index (χ4v) is 5.40. The van der Waals surface area contributed by atoms with Crippen molar-refractivity contribution < 1.29 is 22.4 Å². The van der Waals surface area contributed by atoms with Crippen molar-refractivity contribution in [2.75, 3.05) is 13.1 Å². The van der Waals surface area contributed by atoms with Crippen LogP contribution < -0.4 is 10.6 Å². The van der Waals surface area contributed by atoms with Crippen LogP contribution >= 0.6 is 0 Å². The standard InChI is InChI=1S/C20H25N3O5S/c1-14-7-8-15(2)18(11-14)29(26,27)23-9-3-5-16(23)12-21-19(24)20(25)22-13-17-6-4-10-28-17/h4,6-8,10-11,16H,3,5,9,12-13H2,1-2H3,(H,21,24)(H,22,25)/t16-/m1/s1. The van der Waals surface area contributed by atoms with Crippen molar-refractivity contribution in [3.63, 3.8) is 0 Å². The lowest BCUT2D eigenvalue weighted by Crippen LogP contribution is -2.46. The molecule has 156 valence electrons. The molecule has 0 saturated carbocycles. The zero-order valence-electron chi connectivity index (χ0n) is 16.5. The van der Waals surface area contributed by atoms with Crippen LogP contribution in [0.25, 0.3) is 0 Å². The summed E-state index contributed by atoms with van der Waals surface area (Å²) in [4.78, 5) is 24.3. The number of carbonyl (C=O) groups excluding carboxylic acids is 2. The first-order valence-electron chi connectivity index (χ1n) is 9.46. The first kappa shape index (κ1) is 21.1. The Hall–Kier alpha value is -2.65.